The number of sulfone groups is 1. The molecular formula is C10H20ClNO4S2. The van der Waals surface area contributed by atoms with Gasteiger partial charge in [-0.25, -0.2) is 21.6 Å². The number of halogens is 1. The van der Waals surface area contributed by atoms with Gasteiger partial charge in [0.1, 0.15) is 9.84 Å². The molecular weight excluding hydrogens is 298 g/mol. The van der Waals surface area contributed by atoms with E-state index in [4.69, 9.17) is 11.6 Å². The van der Waals surface area contributed by atoms with E-state index in [0.29, 0.717) is 6.54 Å². The monoisotopic (exact) mass is 317 g/mol. The fraction of sp³-hybridized carbons (Fsp3) is 1.00. The second-order valence-electron chi connectivity index (χ2n) is 4.93. The van der Waals surface area contributed by atoms with Gasteiger partial charge in [0.05, 0.1) is 11.5 Å². The first kappa shape index (κ1) is 16.2. The maximum atomic E-state index is 11.6. The second kappa shape index (κ2) is 6.54. The molecule has 0 aromatic rings. The molecule has 0 heterocycles. The summed E-state index contributed by atoms with van der Waals surface area (Å²) in [5.41, 5.74) is 0. The molecule has 1 aliphatic rings. The SMILES string of the molecule is CS(=O)(=O)CCS(=O)(=O)NCC1CCCC(Cl)C1. The van der Waals surface area contributed by atoms with Gasteiger partial charge in [-0.15, -0.1) is 11.6 Å². The zero-order valence-electron chi connectivity index (χ0n) is 10.4. The van der Waals surface area contributed by atoms with Crippen LogP contribution in [0.2, 0.25) is 0 Å². The van der Waals surface area contributed by atoms with Crippen molar-refractivity contribution in [3.63, 3.8) is 0 Å². The minimum absolute atomic E-state index is 0.129. The van der Waals surface area contributed by atoms with Gasteiger partial charge in [-0.2, -0.15) is 0 Å². The van der Waals surface area contributed by atoms with E-state index >= 15 is 0 Å². The van der Waals surface area contributed by atoms with Crippen LogP contribution in [0, 0.1) is 5.92 Å². The van der Waals surface area contributed by atoms with Crippen LogP contribution in [0.25, 0.3) is 0 Å². The van der Waals surface area contributed by atoms with Crippen molar-refractivity contribution in [2.45, 2.75) is 31.1 Å². The van der Waals surface area contributed by atoms with Crippen LogP contribution in [0.15, 0.2) is 0 Å². The molecule has 108 valence electrons. The molecule has 0 radical (unpaired) electrons. The first-order chi connectivity index (χ1) is 8.18. The molecule has 0 bridgehead atoms. The number of rotatable bonds is 6. The van der Waals surface area contributed by atoms with Crippen LogP contribution in [0.1, 0.15) is 25.7 Å². The Labute approximate surface area is 114 Å². The molecule has 1 saturated carbocycles. The van der Waals surface area contributed by atoms with Crippen LogP contribution in [0.3, 0.4) is 0 Å². The molecule has 1 N–H and O–H groups in total. The van der Waals surface area contributed by atoms with E-state index < -0.39 is 19.9 Å². The van der Waals surface area contributed by atoms with E-state index in [1.165, 1.54) is 0 Å². The lowest BCUT2D eigenvalue weighted by Gasteiger charge is -2.25. The maximum Gasteiger partial charge on any atom is 0.212 e. The molecule has 2 atom stereocenters. The molecule has 0 spiro atoms. The lowest BCUT2D eigenvalue weighted by Crippen LogP contribution is -2.35. The topological polar surface area (TPSA) is 80.3 Å². The quantitative estimate of drug-likeness (QED) is 0.733. The van der Waals surface area contributed by atoms with Crippen LogP contribution >= 0.6 is 11.6 Å². The van der Waals surface area contributed by atoms with Crippen LogP contribution < -0.4 is 4.72 Å². The molecule has 0 aromatic carbocycles. The number of hydrogen-bond donors (Lipinski definition) is 1. The zero-order valence-corrected chi connectivity index (χ0v) is 12.8. The third kappa shape index (κ3) is 6.92. The number of nitrogens with one attached hydrogen (secondary N) is 1. The second-order valence-corrected chi connectivity index (χ2v) is 9.73. The Bertz CT molecular complexity index is 460. The van der Waals surface area contributed by atoms with Gasteiger partial charge in [-0.3, -0.25) is 0 Å². The Morgan fingerprint density at radius 1 is 1.17 bits per heavy atom. The Kier molecular flexibility index (Phi) is 5.89. The average Bonchev–Trinajstić information content (AvgIpc) is 2.24. The summed E-state index contributed by atoms with van der Waals surface area (Å²) in [5, 5.41) is 0.129. The van der Waals surface area contributed by atoms with Crippen LogP contribution in [0.5, 0.6) is 0 Å². The summed E-state index contributed by atoms with van der Waals surface area (Å²) in [6.07, 6.45) is 4.82. The van der Waals surface area contributed by atoms with Crippen LogP contribution in [-0.2, 0) is 19.9 Å². The number of sulfonamides is 1. The molecule has 1 aliphatic carbocycles. The molecule has 1 rings (SSSR count). The summed E-state index contributed by atoms with van der Waals surface area (Å²) in [6.45, 7) is 0.356. The van der Waals surface area contributed by atoms with Crippen molar-refractivity contribution in [1.82, 2.24) is 4.72 Å². The standard InChI is InChI=1S/C10H20ClNO4S2/c1-17(13,14)5-6-18(15,16)12-8-9-3-2-4-10(11)7-9/h9-10,12H,2-8H2,1H3. The highest BCUT2D eigenvalue weighted by atomic mass is 35.5. The van der Waals surface area contributed by atoms with Gasteiger partial charge in [0.15, 0.2) is 0 Å². The van der Waals surface area contributed by atoms with Gasteiger partial charge < -0.3 is 0 Å². The smallest absolute Gasteiger partial charge is 0.212 e. The summed E-state index contributed by atoms with van der Waals surface area (Å²) in [6, 6.07) is 0. The molecule has 0 aromatic heterocycles. The third-order valence-electron chi connectivity index (χ3n) is 3.03. The van der Waals surface area contributed by atoms with Gasteiger partial charge >= 0.3 is 0 Å². The zero-order chi connectivity index (χ0) is 13.8. The van der Waals surface area contributed by atoms with E-state index in [1.54, 1.807) is 0 Å². The van der Waals surface area contributed by atoms with E-state index in [1.807, 2.05) is 0 Å². The van der Waals surface area contributed by atoms with Gasteiger partial charge in [-0.1, -0.05) is 6.42 Å². The molecule has 1 fully saturated rings. The van der Waals surface area contributed by atoms with Crippen LogP contribution in [0.4, 0.5) is 0 Å². The van der Waals surface area contributed by atoms with Crippen molar-refractivity contribution in [2.75, 3.05) is 24.3 Å². The number of alkyl halides is 1. The van der Waals surface area contributed by atoms with Crippen molar-refractivity contribution in [3.8, 4) is 0 Å². The highest BCUT2D eigenvalue weighted by Gasteiger charge is 2.22. The fourth-order valence-corrected chi connectivity index (χ4v) is 5.12. The van der Waals surface area contributed by atoms with Gasteiger partial charge in [0.25, 0.3) is 0 Å². The largest absolute Gasteiger partial charge is 0.229 e. The molecule has 8 heteroatoms. The first-order valence-corrected chi connectivity index (χ1v) is 10.1. The molecule has 5 nitrogen and oxygen atoms in total. The van der Waals surface area contributed by atoms with Crippen molar-refractivity contribution in [2.24, 2.45) is 5.92 Å². The summed E-state index contributed by atoms with van der Waals surface area (Å²) >= 11 is 6.03. The van der Waals surface area contributed by atoms with Crippen LogP contribution in [-0.4, -0.2) is 46.5 Å². The lowest BCUT2D eigenvalue weighted by atomic mass is 9.89. The Morgan fingerprint density at radius 3 is 2.39 bits per heavy atom. The van der Waals surface area contributed by atoms with E-state index in [9.17, 15) is 16.8 Å². The Morgan fingerprint density at radius 2 is 1.83 bits per heavy atom. The number of hydrogen-bond acceptors (Lipinski definition) is 4. The maximum absolute atomic E-state index is 11.6. The minimum Gasteiger partial charge on any atom is -0.229 e. The molecule has 18 heavy (non-hydrogen) atoms. The summed E-state index contributed by atoms with van der Waals surface area (Å²) in [4.78, 5) is 0. The van der Waals surface area contributed by atoms with Gasteiger partial charge in [-0.05, 0) is 25.2 Å². The first-order valence-electron chi connectivity index (χ1n) is 5.97. The lowest BCUT2D eigenvalue weighted by molar-refractivity contribution is 0.362. The van der Waals surface area contributed by atoms with Crippen molar-refractivity contribution >= 4 is 31.5 Å². The minimum atomic E-state index is -3.50. The third-order valence-corrected chi connectivity index (χ3v) is 5.98. The van der Waals surface area contributed by atoms with E-state index in [-0.39, 0.29) is 22.8 Å². The Balaban J connectivity index is 2.37. The van der Waals surface area contributed by atoms with Crippen molar-refractivity contribution in [1.29, 1.82) is 0 Å². The fourth-order valence-electron chi connectivity index (χ4n) is 1.99. The predicted octanol–water partition coefficient (Wildman–Crippen LogP) is 0.748. The molecule has 0 amide bonds. The normalized spacial score (nSPS) is 26.1. The van der Waals surface area contributed by atoms with Crippen molar-refractivity contribution < 1.29 is 16.8 Å². The van der Waals surface area contributed by atoms with Gasteiger partial charge in [0.2, 0.25) is 10.0 Å². The molecule has 0 saturated heterocycles. The predicted molar refractivity (Wildman–Crippen MR) is 73.1 cm³/mol. The van der Waals surface area contributed by atoms with Crippen molar-refractivity contribution in [3.05, 3.63) is 0 Å². The summed E-state index contributed by atoms with van der Waals surface area (Å²) in [7, 11) is -6.75. The average molecular weight is 318 g/mol. The molecule has 2 unspecified atom stereocenters. The highest BCUT2D eigenvalue weighted by molar-refractivity contribution is 7.93. The summed E-state index contributed by atoms with van der Waals surface area (Å²) in [5.74, 6) is -0.456. The van der Waals surface area contributed by atoms with E-state index in [2.05, 4.69) is 4.72 Å². The highest BCUT2D eigenvalue weighted by Crippen LogP contribution is 2.27. The molecule has 0 aliphatic heterocycles. The summed E-state index contributed by atoms with van der Waals surface area (Å²) < 4.78 is 47.5. The Hall–Kier alpha value is 0.150. The van der Waals surface area contributed by atoms with Gasteiger partial charge in [0, 0.05) is 18.2 Å². The van der Waals surface area contributed by atoms with E-state index in [0.717, 1.165) is 31.9 Å².